The minimum absolute atomic E-state index is 0.0514. The summed E-state index contributed by atoms with van der Waals surface area (Å²) in [6, 6.07) is 0. The number of anilines is 1. The Balaban J connectivity index is 2.38. The van der Waals surface area contributed by atoms with Gasteiger partial charge < -0.3 is 25.8 Å². The van der Waals surface area contributed by atoms with Crippen LogP contribution in [0, 0.1) is 0 Å². The number of carboxylic acids is 1. The Labute approximate surface area is 106 Å². The highest BCUT2D eigenvalue weighted by Crippen LogP contribution is 2.27. The summed E-state index contributed by atoms with van der Waals surface area (Å²) < 4.78 is 6.20. The third-order valence-electron chi connectivity index (χ3n) is 2.91. The Morgan fingerprint density at radius 1 is 1.63 bits per heavy atom. The molecule has 1 aliphatic heterocycles. The molecule has 2 heterocycles. The van der Waals surface area contributed by atoms with Gasteiger partial charge in [-0.05, 0) is 0 Å². The Hall–Kier alpha value is -1.97. The molecule has 0 radical (unpaired) electrons. The van der Waals surface area contributed by atoms with Crippen LogP contribution < -0.4 is 11.4 Å². The molecule has 9 heteroatoms. The number of aromatic carboxylic acids is 1. The summed E-state index contributed by atoms with van der Waals surface area (Å²) in [6.07, 6.45) is -1.57. The van der Waals surface area contributed by atoms with E-state index in [-0.39, 0.29) is 17.8 Å². The van der Waals surface area contributed by atoms with Gasteiger partial charge in [0.2, 0.25) is 0 Å². The topological polar surface area (TPSA) is 148 Å². The number of rotatable bonds is 3. The minimum Gasteiger partial charge on any atom is -0.478 e. The monoisotopic (exact) mass is 271 g/mol. The lowest BCUT2D eigenvalue weighted by molar-refractivity contribution is -0.0459. The average molecular weight is 271 g/mol. The molecule has 1 fully saturated rings. The predicted molar refractivity (Wildman–Crippen MR) is 61.5 cm³/mol. The van der Waals surface area contributed by atoms with Crippen molar-refractivity contribution < 1.29 is 24.9 Å². The van der Waals surface area contributed by atoms with Crippen LogP contribution in [-0.4, -0.2) is 49.7 Å². The molecule has 5 N–H and O–H groups in total. The van der Waals surface area contributed by atoms with Crippen molar-refractivity contribution in [3.63, 3.8) is 0 Å². The van der Waals surface area contributed by atoms with Crippen molar-refractivity contribution in [2.24, 2.45) is 0 Å². The number of aromatic nitrogens is 2. The van der Waals surface area contributed by atoms with Crippen molar-refractivity contribution >= 4 is 11.8 Å². The van der Waals surface area contributed by atoms with E-state index in [0.717, 1.165) is 10.8 Å². The van der Waals surface area contributed by atoms with Crippen molar-refractivity contribution in [3.05, 3.63) is 22.2 Å². The summed E-state index contributed by atoms with van der Waals surface area (Å²) in [7, 11) is 0. The van der Waals surface area contributed by atoms with Gasteiger partial charge in [-0.3, -0.25) is 4.57 Å². The highest BCUT2D eigenvalue weighted by Gasteiger charge is 2.35. The van der Waals surface area contributed by atoms with Gasteiger partial charge in [0, 0.05) is 12.6 Å². The van der Waals surface area contributed by atoms with E-state index < -0.39 is 36.7 Å². The molecule has 0 saturated carbocycles. The number of aliphatic hydroxyl groups excluding tert-OH is 2. The van der Waals surface area contributed by atoms with Gasteiger partial charge in [-0.1, -0.05) is 0 Å². The van der Waals surface area contributed by atoms with Gasteiger partial charge >= 0.3 is 11.7 Å². The van der Waals surface area contributed by atoms with Gasteiger partial charge in [0.1, 0.15) is 23.7 Å². The van der Waals surface area contributed by atoms with E-state index >= 15 is 0 Å². The fourth-order valence-corrected chi connectivity index (χ4v) is 1.90. The quantitative estimate of drug-likeness (QED) is 0.501. The van der Waals surface area contributed by atoms with Crippen molar-refractivity contribution in [2.75, 3.05) is 12.3 Å². The molecule has 1 saturated heterocycles. The Morgan fingerprint density at radius 2 is 2.32 bits per heavy atom. The lowest BCUT2D eigenvalue weighted by atomic mass is 10.2. The van der Waals surface area contributed by atoms with Gasteiger partial charge in [-0.25, -0.2) is 9.59 Å². The SMILES string of the molecule is Nc1nc(=O)n(C2CC(O)C(CO)O2)cc1C(=O)O. The number of nitrogen functional groups attached to an aromatic ring is 1. The zero-order valence-corrected chi connectivity index (χ0v) is 9.76. The second-order valence-corrected chi connectivity index (χ2v) is 4.15. The van der Waals surface area contributed by atoms with Crippen molar-refractivity contribution in [1.82, 2.24) is 9.55 Å². The first-order chi connectivity index (χ1) is 8.93. The Kier molecular flexibility index (Phi) is 3.51. The molecule has 1 aromatic heterocycles. The molecular formula is C10H13N3O6. The maximum atomic E-state index is 11.7. The molecule has 3 atom stereocenters. The predicted octanol–water partition coefficient (Wildman–Crippen LogP) is -1.84. The summed E-state index contributed by atoms with van der Waals surface area (Å²) in [5.41, 5.74) is 4.23. The number of nitrogens with zero attached hydrogens (tertiary/aromatic N) is 2. The van der Waals surface area contributed by atoms with Gasteiger partial charge in [0.25, 0.3) is 0 Å². The maximum Gasteiger partial charge on any atom is 0.351 e. The molecule has 2 rings (SSSR count). The number of ether oxygens (including phenoxy) is 1. The normalized spacial score (nSPS) is 26.5. The molecule has 9 nitrogen and oxygen atoms in total. The van der Waals surface area contributed by atoms with Crippen molar-refractivity contribution in [2.45, 2.75) is 24.9 Å². The summed E-state index contributed by atoms with van der Waals surface area (Å²) in [4.78, 5) is 26.0. The molecule has 19 heavy (non-hydrogen) atoms. The van der Waals surface area contributed by atoms with Crippen molar-refractivity contribution in [1.29, 1.82) is 0 Å². The number of carbonyl (C=O) groups is 1. The van der Waals surface area contributed by atoms with Gasteiger partial charge in [-0.2, -0.15) is 4.98 Å². The molecule has 0 bridgehead atoms. The summed E-state index contributed by atoms with van der Waals surface area (Å²) >= 11 is 0. The number of nitrogens with two attached hydrogens (primary N) is 1. The lowest BCUT2D eigenvalue weighted by Gasteiger charge is -2.15. The van der Waals surface area contributed by atoms with Crippen LogP contribution in [0.4, 0.5) is 5.82 Å². The van der Waals surface area contributed by atoms with Crippen LogP contribution in [0.2, 0.25) is 0 Å². The largest absolute Gasteiger partial charge is 0.478 e. The summed E-state index contributed by atoms with van der Waals surface area (Å²) in [6.45, 7) is -0.402. The third kappa shape index (κ3) is 2.43. The fraction of sp³-hybridized carbons (Fsp3) is 0.500. The molecular weight excluding hydrogens is 258 g/mol. The lowest BCUT2D eigenvalue weighted by Crippen LogP contribution is -2.30. The maximum absolute atomic E-state index is 11.7. The standard InChI is InChI=1S/C10H13N3O6/c11-8-4(9(16)17)2-13(10(18)12-8)7-1-5(15)6(3-14)19-7/h2,5-7,14-15H,1,3H2,(H,16,17)(H2,11,12,18). The van der Waals surface area contributed by atoms with E-state index in [1.807, 2.05) is 0 Å². The van der Waals surface area contributed by atoms with E-state index in [1.165, 1.54) is 0 Å². The van der Waals surface area contributed by atoms with Gasteiger partial charge in [0.05, 0.1) is 12.7 Å². The summed E-state index contributed by atoms with van der Waals surface area (Å²) in [5.74, 6) is -1.71. The smallest absolute Gasteiger partial charge is 0.351 e. The highest BCUT2D eigenvalue weighted by molar-refractivity contribution is 5.92. The van der Waals surface area contributed by atoms with Gasteiger partial charge in [-0.15, -0.1) is 0 Å². The molecule has 1 aliphatic rings. The number of aliphatic hydroxyl groups is 2. The van der Waals surface area contributed by atoms with E-state index in [1.54, 1.807) is 0 Å². The second-order valence-electron chi connectivity index (χ2n) is 4.15. The van der Waals surface area contributed by atoms with Gasteiger partial charge in [0.15, 0.2) is 0 Å². The van der Waals surface area contributed by atoms with Crippen LogP contribution in [0.1, 0.15) is 23.0 Å². The molecule has 104 valence electrons. The molecule has 3 unspecified atom stereocenters. The number of hydrogen-bond acceptors (Lipinski definition) is 7. The zero-order valence-electron chi connectivity index (χ0n) is 9.76. The molecule has 0 amide bonds. The van der Waals surface area contributed by atoms with E-state index in [9.17, 15) is 14.7 Å². The van der Waals surface area contributed by atoms with Crippen LogP contribution >= 0.6 is 0 Å². The average Bonchev–Trinajstić information content (AvgIpc) is 2.69. The van der Waals surface area contributed by atoms with Crippen LogP contribution in [0.3, 0.4) is 0 Å². The first-order valence-corrected chi connectivity index (χ1v) is 5.50. The molecule has 0 aromatic carbocycles. The molecule has 0 aliphatic carbocycles. The number of hydrogen-bond donors (Lipinski definition) is 4. The van der Waals surface area contributed by atoms with Crippen LogP contribution in [-0.2, 0) is 4.74 Å². The Morgan fingerprint density at radius 3 is 2.84 bits per heavy atom. The van der Waals surface area contributed by atoms with Crippen LogP contribution in [0.15, 0.2) is 11.0 Å². The van der Waals surface area contributed by atoms with E-state index in [0.29, 0.717) is 0 Å². The van der Waals surface area contributed by atoms with Crippen LogP contribution in [0.5, 0.6) is 0 Å². The minimum atomic E-state index is -1.32. The zero-order chi connectivity index (χ0) is 14.2. The first kappa shape index (κ1) is 13.5. The second kappa shape index (κ2) is 4.96. The molecule has 0 spiro atoms. The number of carboxylic acid groups (broad SMARTS) is 1. The van der Waals surface area contributed by atoms with Crippen molar-refractivity contribution in [3.8, 4) is 0 Å². The van der Waals surface area contributed by atoms with E-state index in [4.69, 9.17) is 20.7 Å². The highest BCUT2D eigenvalue weighted by atomic mass is 16.5. The van der Waals surface area contributed by atoms with Crippen LogP contribution in [0.25, 0.3) is 0 Å². The Bertz CT molecular complexity index is 557. The van der Waals surface area contributed by atoms with E-state index in [2.05, 4.69) is 4.98 Å². The summed E-state index contributed by atoms with van der Waals surface area (Å²) in [5, 5.41) is 27.4. The fourth-order valence-electron chi connectivity index (χ4n) is 1.90. The third-order valence-corrected chi connectivity index (χ3v) is 2.91. The molecule has 1 aromatic rings. The first-order valence-electron chi connectivity index (χ1n) is 5.50.